The third kappa shape index (κ3) is 3.95. The predicted molar refractivity (Wildman–Crippen MR) is 122 cm³/mol. The molecule has 0 amide bonds. The number of benzene rings is 2. The van der Waals surface area contributed by atoms with Crippen molar-refractivity contribution < 1.29 is 17.9 Å². The van der Waals surface area contributed by atoms with Crippen LogP contribution in [-0.2, 0) is 10.9 Å². The van der Waals surface area contributed by atoms with Crippen LogP contribution in [0.2, 0.25) is 0 Å². The largest absolute Gasteiger partial charge is 0.416 e. The number of nitrogens with zero attached hydrogens (tertiary/aromatic N) is 3. The van der Waals surface area contributed by atoms with Gasteiger partial charge in [0.2, 0.25) is 5.78 Å². The smallest absolute Gasteiger partial charge is 0.377 e. The second-order valence-corrected chi connectivity index (χ2v) is 8.23. The Bertz CT molecular complexity index is 1370. The van der Waals surface area contributed by atoms with E-state index in [0.717, 1.165) is 29.0 Å². The molecule has 1 N–H and O–H groups in total. The van der Waals surface area contributed by atoms with Gasteiger partial charge in [-0.05, 0) is 60.7 Å². The van der Waals surface area contributed by atoms with Gasteiger partial charge in [-0.15, -0.1) is 0 Å². The summed E-state index contributed by atoms with van der Waals surface area (Å²) < 4.78 is 47.6. The van der Waals surface area contributed by atoms with Crippen LogP contribution >= 0.6 is 0 Å². The number of fused-ring (bicyclic) bond motifs is 3. The molecule has 0 saturated carbocycles. The Labute approximate surface area is 188 Å². The van der Waals surface area contributed by atoms with Crippen molar-refractivity contribution in [2.75, 3.05) is 18.5 Å². The molecule has 0 saturated heterocycles. The van der Waals surface area contributed by atoms with E-state index in [1.807, 2.05) is 23.6 Å². The van der Waals surface area contributed by atoms with E-state index in [9.17, 15) is 13.2 Å². The minimum atomic E-state index is -4.40. The van der Waals surface area contributed by atoms with Crippen LogP contribution in [0.3, 0.4) is 0 Å². The first-order chi connectivity index (χ1) is 15.8. The Hall–Kier alpha value is -3.39. The zero-order valence-electron chi connectivity index (χ0n) is 18.3. The van der Waals surface area contributed by atoms with Crippen molar-refractivity contribution in [2.24, 2.45) is 0 Å². The molecule has 1 aliphatic rings. The van der Waals surface area contributed by atoms with Gasteiger partial charge in [-0.2, -0.15) is 18.2 Å². The van der Waals surface area contributed by atoms with E-state index < -0.39 is 17.8 Å². The molecular formula is C25H23F3N4O. The van der Waals surface area contributed by atoms with Crippen molar-refractivity contribution in [1.82, 2.24) is 14.4 Å². The maximum absolute atomic E-state index is 13.4. The molecule has 5 rings (SSSR count). The Morgan fingerprint density at radius 1 is 1.18 bits per heavy atom. The molecule has 5 nitrogen and oxygen atoms in total. The lowest BCUT2D eigenvalue weighted by Crippen LogP contribution is -2.14. The molecule has 3 heterocycles. The van der Waals surface area contributed by atoms with Gasteiger partial charge in [0.15, 0.2) is 0 Å². The molecule has 0 radical (unpaired) electrons. The first kappa shape index (κ1) is 21.5. The minimum Gasteiger partial charge on any atom is -0.377 e. The van der Waals surface area contributed by atoms with Crippen molar-refractivity contribution in [3.05, 3.63) is 77.1 Å². The zero-order valence-corrected chi connectivity index (χ0v) is 18.3. The van der Waals surface area contributed by atoms with Gasteiger partial charge in [0.05, 0.1) is 30.3 Å². The molecule has 0 fully saturated rings. The summed E-state index contributed by atoms with van der Waals surface area (Å²) in [5, 5.41) is 4.23. The first-order valence-electron chi connectivity index (χ1n) is 10.8. The highest BCUT2D eigenvalue weighted by molar-refractivity contribution is 5.93. The maximum atomic E-state index is 13.4. The van der Waals surface area contributed by atoms with Gasteiger partial charge in [-0.3, -0.25) is 4.40 Å². The third-order valence-electron chi connectivity index (χ3n) is 6.18. The molecule has 8 heteroatoms. The van der Waals surface area contributed by atoms with Crippen LogP contribution in [0, 0.1) is 6.92 Å². The molecule has 0 aliphatic carbocycles. The summed E-state index contributed by atoms with van der Waals surface area (Å²) in [6, 6.07) is 10.1. The molecule has 2 aromatic heterocycles. The molecule has 1 aliphatic heterocycles. The normalized spacial score (nSPS) is 15.6. The molecule has 1 atom stereocenters. The van der Waals surface area contributed by atoms with Crippen LogP contribution in [0.5, 0.6) is 0 Å². The monoisotopic (exact) mass is 452 g/mol. The van der Waals surface area contributed by atoms with Crippen LogP contribution in [0.15, 0.2) is 54.9 Å². The second-order valence-electron chi connectivity index (χ2n) is 8.23. The molecule has 2 aromatic carbocycles. The number of halogens is 3. The van der Waals surface area contributed by atoms with E-state index in [2.05, 4.69) is 28.5 Å². The molecule has 0 unspecified atom stereocenters. The number of alkyl halides is 3. The molecule has 0 spiro atoms. The average Bonchev–Trinajstić information content (AvgIpc) is 3.27. The topological polar surface area (TPSA) is 51.5 Å². The van der Waals surface area contributed by atoms with Crippen LogP contribution < -0.4 is 5.32 Å². The van der Waals surface area contributed by atoms with Crippen LogP contribution in [-0.4, -0.2) is 27.6 Å². The lowest BCUT2D eigenvalue weighted by Gasteiger charge is -2.21. The molecule has 33 heavy (non-hydrogen) atoms. The number of anilines is 1. The van der Waals surface area contributed by atoms with E-state index in [4.69, 9.17) is 9.72 Å². The Balaban J connectivity index is 1.60. The quantitative estimate of drug-likeness (QED) is 0.401. The zero-order chi connectivity index (χ0) is 23.2. The number of rotatable bonds is 4. The highest BCUT2D eigenvalue weighted by atomic mass is 19.4. The summed E-state index contributed by atoms with van der Waals surface area (Å²) in [4.78, 5) is 9.01. The van der Waals surface area contributed by atoms with Crippen molar-refractivity contribution in [1.29, 1.82) is 0 Å². The van der Waals surface area contributed by atoms with Gasteiger partial charge < -0.3 is 10.1 Å². The van der Waals surface area contributed by atoms with Crippen LogP contribution in [0.4, 0.5) is 19.0 Å². The summed E-state index contributed by atoms with van der Waals surface area (Å²) in [5.74, 6) is 1.11. The Morgan fingerprint density at radius 2 is 2.03 bits per heavy atom. The summed E-state index contributed by atoms with van der Waals surface area (Å²) in [7, 11) is 0. The number of aromatic nitrogens is 3. The van der Waals surface area contributed by atoms with E-state index >= 15 is 0 Å². The van der Waals surface area contributed by atoms with E-state index in [0.29, 0.717) is 30.4 Å². The summed E-state index contributed by atoms with van der Waals surface area (Å²) in [6.45, 7) is 4.62. The van der Waals surface area contributed by atoms with Gasteiger partial charge >= 0.3 is 6.18 Å². The van der Waals surface area contributed by atoms with E-state index in [1.165, 1.54) is 18.6 Å². The van der Waals surface area contributed by atoms with Gasteiger partial charge in [0, 0.05) is 17.8 Å². The maximum Gasteiger partial charge on any atom is 0.416 e. The number of hydrogen-bond acceptors (Lipinski definition) is 4. The summed E-state index contributed by atoms with van der Waals surface area (Å²) in [6.07, 6.45) is 2.04. The van der Waals surface area contributed by atoms with Crippen molar-refractivity contribution in [3.63, 3.8) is 0 Å². The fourth-order valence-corrected chi connectivity index (χ4v) is 4.47. The van der Waals surface area contributed by atoms with E-state index in [1.54, 1.807) is 12.3 Å². The number of ether oxygens (including phenoxy) is 1. The second kappa shape index (κ2) is 8.19. The number of imidazole rings is 1. The lowest BCUT2D eigenvalue weighted by molar-refractivity contribution is -0.138. The van der Waals surface area contributed by atoms with Gasteiger partial charge in [0.1, 0.15) is 5.82 Å². The van der Waals surface area contributed by atoms with Gasteiger partial charge in [-0.25, -0.2) is 4.98 Å². The van der Waals surface area contributed by atoms with Crippen LogP contribution in [0.1, 0.15) is 41.6 Å². The molecular weight excluding hydrogens is 429 g/mol. The van der Waals surface area contributed by atoms with Crippen molar-refractivity contribution in [2.45, 2.75) is 32.5 Å². The summed E-state index contributed by atoms with van der Waals surface area (Å²) in [5.41, 5.74) is 3.38. The van der Waals surface area contributed by atoms with Gasteiger partial charge in [-0.1, -0.05) is 24.3 Å². The van der Waals surface area contributed by atoms with E-state index in [-0.39, 0.29) is 5.56 Å². The molecule has 170 valence electrons. The first-order valence-corrected chi connectivity index (χ1v) is 10.8. The Kier molecular flexibility index (Phi) is 5.32. The molecule has 4 aromatic rings. The number of nitrogens with one attached hydrogen (secondary N) is 1. The predicted octanol–water partition coefficient (Wildman–Crippen LogP) is 6.19. The van der Waals surface area contributed by atoms with Crippen LogP contribution in [0.25, 0.3) is 22.3 Å². The highest BCUT2D eigenvalue weighted by Crippen LogP contribution is 2.36. The third-order valence-corrected chi connectivity index (χ3v) is 6.18. The lowest BCUT2D eigenvalue weighted by atomic mass is 9.97. The van der Waals surface area contributed by atoms with Crippen molar-refractivity contribution in [3.8, 4) is 0 Å². The number of hydrogen-bond donors (Lipinski definition) is 1. The van der Waals surface area contributed by atoms with Crippen molar-refractivity contribution >= 4 is 28.1 Å². The summed E-state index contributed by atoms with van der Waals surface area (Å²) >= 11 is 0. The minimum absolute atomic E-state index is 0.212. The Morgan fingerprint density at radius 3 is 2.79 bits per heavy atom. The fraction of sp³-hybridized carbons (Fsp3) is 0.280. The SMILES string of the molecule is Cc1c([C@@H](C)Nc2nc3nccn3c3ccc(C4=CCOCC4)cc23)cccc1C(F)(F)F. The highest BCUT2D eigenvalue weighted by Gasteiger charge is 2.33. The standard InChI is InChI=1S/C25H23F3N4O/c1-15-19(4-3-5-21(15)25(26,27)28)16(2)30-23-20-14-18(17-8-12-33-13-9-17)6-7-22(20)32-11-10-29-24(32)31-23/h3-8,10-11,14,16H,9,12-13H2,1-2H3,(H,29,30,31)/t16-/m1/s1. The average molecular weight is 452 g/mol. The molecule has 0 bridgehead atoms. The van der Waals surface area contributed by atoms with Gasteiger partial charge in [0.25, 0.3) is 0 Å². The fourth-order valence-electron chi connectivity index (χ4n) is 4.47.